The number of nitrogens with zero attached hydrogens (tertiary/aromatic N) is 1. The van der Waals surface area contributed by atoms with Crippen LogP contribution in [0.4, 0.5) is 4.39 Å². The lowest BCUT2D eigenvalue weighted by molar-refractivity contribution is -0.148. The van der Waals surface area contributed by atoms with Crippen molar-refractivity contribution in [2.75, 3.05) is 13.1 Å². The van der Waals surface area contributed by atoms with Gasteiger partial charge in [0.15, 0.2) is 5.60 Å². The zero-order chi connectivity index (χ0) is 20.7. The Morgan fingerprint density at radius 1 is 1.03 bits per heavy atom. The van der Waals surface area contributed by atoms with Gasteiger partial charge in [-0.1, -0.05) is 60.7 Å². The van der Waals surface area contributed by atoms with Gasteiger partial charge in [0.05, 0.1) is 0 Å². The summed E-state index contributed by atoms with van der Waals surface area (Å²) in [4.78, 5) is 15.7. The first-order valence-corrected chi connectivity index (χ1v) is 11.0. The molecule has 1 aliphatic heterocycles. The summed E-state index contributed by atoms with van der Waals surface area (Å²) in [6.45, 7) is 2.86. The van der Waals surface area contributed by atoms with Crippen molar-refractivity contribution in [3.05, 3.63) is 71.8 Å². The van der Waals surface area contributed by atoms with Crippen molar-refractivity contribution in [1.82, 2.24) is 10.2 Å². The van der Waals surface area contributed by atoms with Gasteiger partial charge in [-0.15, -0.1) is 0 Å². The molecule has 0 radical (unpaired) electrons. The standard InChI is InChI=1S/C25H29FN2O2/c26-20-12-11-19(13-20)25(30,18-9-5-2-6-10-18)24(29)27-23-21-15-28(16-22(21)23)14-17-7-3-1-4-8-17/h1-10,19-23,30H,11-16H2,(H,27,29)/t19?,20?,21-,22+,23?,25?. The molecule has 2 aliphatic carbocycles. The smallest absolute Gasteiger partial charge is 0.257 e. The van der Waals surface area contributed by atoms with Gasteiger partial charge in [-0.05, 0) is 42.2 Å². The maximum absolute atomic E-state index is 13.9. The number of hydrogen-bond acceptors (Lipinski definition) is 3. The first kappa shape index (κ1) is 19.7. The number of carbonyl (C=O) groups excluding carboxylic acids is 1. The predicted molar refractivity (Wildman–Crippen MR) is 113 cm³/mol. The van der Waals surface area contributed by atoms with E-state index in [4.69, 9.17) is 0 Å². The van der Waals surface area contributed by atoms with Crippen molar-refractivity contribution in [1.29, 1.82) is 0 Å². The number of amides is 1. The molecule has 3 aliphatic rings. The number of piperidine rings is 1. The van der Waals surface area contributed by atoms with Crippen molar-refractivity contribution < 1.29 is 14.3 Å². The Bertz CT molecular complexity index is 881. The van der Waals surface area contributed by atoms with Crippen molar-refractivity contribution in [3.8, 4) is 0 Å². The van der Waals surface area contributed by atoms with Gasteiger partial charge in [0.1, 0.15) is 6.17 Å². The number of aliphatic hydroxyl groups is 1. The van der Waals surface area contributed by atoms with E-state index in [9.17, 15) is 14.3 Å². The number of alkyl halides is 1. The molecule has 3 fully saturated rings. The fourth-order valence-corrected chi connectivity index (χ4v) is 5.61. The molecule has 5 heteroatoms. The number of likely N-dealkylation sites (tertiary alicyclic amines) is 1. The minimum atomic E-state index is -1.66. The van der Waals surface area contributed by atoms with Gasteiger partial charge in [0, 0.05) is 31.6 Å². The van der Waals surface area contributed by atoms with Crippen LogP contribution in [0.1, 0.15) is 30.4 Å². The fraction of sp³-hybridized carbons (Fsp3) is 0.480. The summed E-state index contributed by atoms with van der Waals surface area (Å²) < 4.78 is 13.9. The number of carbonyl (C=O) groups is 1. The fourth-order valence-electron chi connectivity index (χ4n) is 5.61. The molecule has 5 rings (SSSR count). The lowest BCUT2D eigenvalue weighted by Crippen LogP contribution is -2.51. The lowest BCUT2D eigenvalue weighted by Gasteiger charge is -2.33. The maximum Gasteiger partial charge on any atom is 0.257 e. The van der Waals surface area contributed by atoms with E-state index in [1.165, 1.54) is 5.56 Å². The zero-order valence-electron chi connectivity index (χ0n) is 17.1. The van der Waals surface area contributed by atoms with Gasteiger partial charge in [-0.25, -0.2) is 4.39 Å². The molecule has 0 aromatic heterocycles. The monoisotopic (exact) mass is 408 g/mol. The number of benzene rings is 2. The third-order valence-electron chi connectivity index (χ3n) is 7.34. The van der Waals surface area contributed by atoms with Crippen molar-refractivity contribution in [3.63, 3.8) is 0 Å². The zero-order valence-corrected chi connectivity index (χ0v) is 17.1. The maximum atomic E-state index is 13.9. The molecule has 158 valence electrons. The second-order valence-corrected chi connectivity index (χ2v) is 9.25. The van der Waals surface area contributed by atoms with Crippen LogP contribution in [0.3, 0.4) is 0 Å². The lowest BCUT2D eigenvalue weighted by atomic mass is 9.79. The van der Waals surface area contributed by atoms with Crippen LogP contribution in [-0.2, 0) is 16.9 Å². The van der Waals surface area contributed by atoms with Crippen LogP contribution in [0.5, 0.6) is 0 Å². The van der Waals surface area contributed by atoms with Crippen molar-refractivity contribution in [2.45, 2.75) is 43.6 Å². The van der Waals surface area contributed by atoms with Crippen LogP contribution in [0, 0.1) is 17.8 Å². The average molecular weight is 409 g/mol. The first-order chi connectivity index (χ1) is 14.6. The molecule has 1 heterocycles. The molecule has 0 bridgehead atoms. The number of hydrogen-bond donors (Lipinski definition) is 2. The molecule has 4 unspecified atom stereocenters. The summed E-state index contributed by atoms with van der Waals surface area (Å²) in [6, 6.07) is 19.6. The Morgan fingerprint density at radius 3 is 2.27 bits per heavy atom. The Morgan fingerprint density at radius 2 is 1.67 bits per heavy atom. The summed E-state index contributed by atoms with van der Waals surface area (Å²) in [5.41, 5.74) is 0.209. The average Bonchev–Trinajstić information content (AvgIpc) is 3.11. The Hall–Kier alpha value is -2.24. The molecule has 1 amide bonds. The third-order valence-corrected chi connectivity index (χ3v) is 7.34. The Kier molecular flexibility index (Phi) is 5.11. The van der Waals surface area contributed by atoms with Gasteiger partial charge in [-0.2, -0.15) is 0 Å². The van der Waals surface area contributed by atoms with Gasteiger partial charge >= 0.3 is 0 Å². The van der Waals surface area contributed by atoms with Gasteiger partial charge in [0.2, 0.25) is 0 Å². The first-order valence-electron chi connectivity index (χ1n) is 11.0. The van der Waals surface area contributed by atoms with E-state index in [-0.39, 0.29) is 24.3 Å². The normalized spacial score (nSPS) is 32.4. The van der Waals surface area contributed by atoms with E-state index >= 15 is 0 Å². The largest absolute Gasteiger partial charge is 0.375 e. The minimum Gasteiger partial charge on any atom is -0.375 e. The van der Waals surface area contributed by atoms with E-state index in [0.717, 1.165) is 19.6 Å². The van der Waals surface area contributed by atoms with Gasteiger partial charge in [0.25, 0.3) is 5.91 Å². The SMILES string of the molecule is O=C(NC1[C@H]2CN(Cc3ccccc3)C[C@@H]12)C(O)(c1ccccc1)C1CCC(F)C1. The van der Waals surface area contributed by atoms with Crippen LogP contribution < -0.4 is 5.32 Å². The van der Waals surface area contributed by atoms with Crippen LogP contribution in [0.15, 0.2) is 60.7 Å². The summed E-state index contributed by atoms with van der Waals surface area (Å²) in [5.74, 6) is 0.134. The second-order valence-electron chi connectivity index (χ2n) is 9.25. The molecule has 2 aromatic carbocycles. The summed E-state index contributed by atoms with van der Waals surface area (Å²) in [7, 11) is 0. The quantitative estimate of drug-likeness (QED) is 0.772. The van der Waals surface area contributed by atoms with E-state index in [2.05, 4.69) is 34.5 Å². The summed E-state index contributed by atoms with van der Waals surface area (Å²) in [5, 5.41) is 14.7. The van der Waals surface area contributed by atoms with Crippen LogP contribution in [0.25, 0.3) is 0 Å². The van der Waals surface area contributed by atoms with Crippen LogP contribution >= 0.6 is 0 Å². The molecule has 0 spiro atoms. The predicted octanol–water partition coefficient (Wildman–Crippen LogP) is 3.26. The molecule has 2 N–H and O–H groups in total. The third kappa shape index (κ3) is 3.54. The molecule has 6 atom stereocenters. The molecular formula is C25H29FN2O2. The molecule has 2 aromatic rings. The summed E-state index contributed by atoms with van der Waals surface area (Å²) >= 11 is 0. The molecule has 2 saturated carbocycles. The number of nitrogens with one attached hydrogen (secondary N) is 1. The molecule has 4 nitrogen and oxygen atoms in total. The van der Waals surface area contributed by atoms with Gasteiger partial charge < -0.3 is 10.4 Å². The number of rotatable bonds is 6. The molecule has 30 heavy (non-hydrogen) atoms. The second kappa shape index (κ2) is 7.78. The van der Waals surface area contributed by atoms with E-state index in [1.807, 2.05) is 24.3 Å². The van der Waals surface area contributed by atoms with Gasteiger partial charge in [-0.3, -0.25) is 9.69 Å². The van der Waals surface area contributed by atoms with Crippen LogP contribution in [0.2, 0.25) is 0 Å². The molecule has 1 saturated heterocycles. The Balaban J connectivity index is 1.24. The summed E-state index contributed by atoms with van der Waals surface area (Å²) in [6.07, 6.45) is 0.240. The van der Waals surface area contributed by atoms with Crippen LogP contribution in [-0.4, -0.2) is 41.2 Å². The number of fused-ring (bicyclic) bond motifs is 1. The highest BCUT2D eigenvalue weighted by Crippen LogP contribution is 2.47. The van der Waals surface area contributed by atoms with Crippen molar-refractivity contribution in [2.24, 2.45) is 17.8 Å². The van der Waals surface area contributed by atoms with E-state index in [1.54, 1.807) is 12.1 Å². The van der Waals surface area contributed by atoms with E-state index < -0.39 is 11.8 Å². The van der Waals surface area contributed by atoms with E-state index in [0.29, 0.717) is 30.2 Å². The molecular weight excluding hydrogens is 379 g/mol. The minimum absolute atomic E-state index is 0.113. The van der Waals surface area contributed by atoms with Crippen molar-refractivity contribution >= 4 is 5.91 Å². The highest BCUT2D eigenvalue weighted by Gasteiger charge is 2.58. The number of halogens is 1. The highest BCUT2D eigenvalue weighted by atomic mass is 19.1. The highest BCUT2D eigenvalue weighted by molar-refractivity contribution is 5.87. The Labute approximate surface area is 177 Å². The topological polar surface area (TPSA) is 52.6 Å².